The van der Waals surface area contributed by atoms with Crippen molar-refractivity contribution in [1.29, 1.82) is 0 Å². The Morgan fingerprint density at radius 2 is 2.05 bits per heavy atom. The van der Waals surface area contributed by atoms with Crippen LogP contribution in [0.2, 0.25) is 0 Å². The van der Waals surface area contributed by atoms with Gasteiger partial charge in [-0.05, 0) is 51.7 Å². The molecule has 22 heavy (non-hydrogen) atoms. The van der Waals surface area contributed by atoms with Crippen LogP contribution in [0.4, 0.5) is 0 Å². The number of ether oxygens (including phenoxy) is 2. The van der Waals surface area contributed by atoms with Crippen LogP contribution in [-0.4, -0.2) is 24.7 Å². The normalized spacial score (nSPS) is 15.6. The summed E-state index contributed by atoms with van der Waals surface area (Å²) in [7, 11) is 1.63. The van der Waals surface area contributed by atoms with Crippen molar-refractivity contribution in [2.75, 3.05) is 7.11 Å². The maximum absolute atomic E-state index is 11.9. The minimum absolute atomic E-state index is 0.185. The van der Waals surface area contributed by atoms with E-state index in [0.29, 0.717) is 6.54 Å². The van der Waals surface area contributed by atoms with E-state index >= 15 is 0 Å². The van der Waals surface area contributed by atoms with Gasteiger partial charge in [-0.3, -0.25) is 4.79 Å². The molecule has 1 amide bonds. The molecule has 5 heteroatoms. The third kappa shape index (κ3) is 4.37. The van der Waals surface area contributed by atoms with E-state index in [1.807, 2.05) is 18.2 Å². The van der Waals surface area contributed by atoms with Gasteiger partial charge in [-0.25, -0.2) is 0 Å². The van der Waals surface area contributed by atoms with Crippen molar-refractivity contribution in [2.45, 2.75) is 57.7 Å². The van der Waals surface area contributed by atoms with E-state index < -0.39 is 5.54 Å². The van der Waals surface area contributed by atoms with Crippen LogP contribution in [0.5, 0.6) is 11.5 Å². The first kappa shape index (κ1) is 16.6. The molecule has 1 aliphatic carbocycles. The molecule has 1 saturated carbocycles. The lowest BCUT2D eigenvalue weighted by Gasteiger charge is -2.20. The summed E-state index contributed by atoms with van der Waals surface area (Å²) in [5.41, 5.74) is 5.84. The van der Waals surface area contributed by atoms with Crippen LogP contribution in [0.25, 0.3) is 0 Å². The molecule has 1 aromatic carbocycles. The fourth-order valence-electron chi connectivity index (χ4n) is 2.51. The van der Waals surface area contributed by atoms with Gasteiger partial charge in [0.25, 0.3) is 0 Å². The second-order valence-electron chi connectivity index (χ2n) is 6.40. The van der Waals surface area contributed by atoms with Crippen molar-refractivity contribution < 1.29 is 14.3 Å². The van der Waals surface area contributed by atoms with Crippen LogP contribution in [0.1, 0.15) is 45.1 Å². The van der Waals surface area contributed by atoms with Crippen molar-refractivity contribution in [3.63, 3.8) is 0 Å². The number of hydrogen-bond acceptors (Lipinski definition) is 4. The van der Waals surface area contributed by atoms with Crippen LogP contribution < -0.4 is 20.5 Å². The van der Waals surface area contributed by atoms with Crippen LogP contribution in [0.15, 0.2) is 18.2 Å². The van der Waals surface area contributed by atoms with E-state index in [4.69, 9.17) is 15.2 Å². The Morgan fingerprint density at radius 3 is 2.64 bits per heavy atom. The summed E-state index contributed by atoms with van der Waals surface area (Å²) in [5, 5.41) is 2.86. The molecule has 0 spiro atoms. The molecule has 1 aliphatic rings. The fourth-order valence-corrected chi connectivity index (χ4v) is 2.51. The summed E-state index contributed by atoms with van der Waals surface area (Å²) < 4.78 is 11.4. The molecular formula is C17H26N2O3. The highest BCUT2D eigenvalue weighted by Crippen LogP contribution is 2.30. The minimum Gasteiger partial charge on any atom is -0.497 e. The van der Waals surface area contributed by atoms with Gasteiger partial charge in [0.2, 0.25) is 5.91 Å². The maximum atomic E-state index is 11.9. The molecule has 0 bridgehead atoms. The summed E-state index contributed by atoms with van der Waals surface area (Å²) in [4.78, 5) is 11.9. The number of carbonyl (C=O) groups is 1. The van der Waals surface area contributed by atoms with E-state index in [2.05, 4.69) is 5.32 Å². The number of nitrogens with two attached hydrogens (primary N) is 1. The van der Waals surface area contributed by atoms with Crippen molar-refractivity contribution in [3.8, 4) is 11.5 Å². The first-order chi connectivity index (χ1) is 10.4. The predicted molar refractivity (Wildman–Crippen MR) is 86.0 cm³/mol. The van der Waals surface area contributed by atoms with Gasteiger partial charge in [-0.15, -0.1) is 0 Å². The Labute approximate surface area is 132 Å². The number of amides is 1. The summed E-state index contributed by atoms with van der Waals surface area (Å²) >= 11 is 0. The van der Waals surface area contributed by atoms with Gasteiger partial charge in [0.1, 0.15) is 11.5 Å². The van der Waals surface area contributed by atoms with Gasteiger partial charge < -0.3 is 20.5 Å². The third-order valence-electron chi connectivity index (χ3n) is 3.89. The molecule has 0 aliphatic heterocycles. The zero-order valence-electron chi connectivity index (χ0n) is 13.6. The number of carbonyl (C=O) groups excluding carboxylic acids is 1. The molecule has 1 aromatic rings. The summed E-state index contributed by atoms with van der Waals surface area (Å²) in [6.45, 7) is 3.77. The topological polar surface area (TPSA) is 73.6 Å². The van der Waals surface area contributed by atoms with Crippen LogP contribution in [-0.2, 0) is 11.3 Å². The molecule has 0 saturated heterocycles. The van der Waals surface area contributed by atoms with Crippen LogP contribution in [0, 0.1) is 0 Å². The van der Waals surface area contributed by atoms with Gasteiger partial charge in [-0.1, -0.05) is 0 Å². The highest BCUT2D eigenvalue weighted by Gasteiger charge is 2.22. The smallest absolute Gasteiger partial charge is 0.239 e. The molecular weight excluding hydrogens is 280 g/mol. The largest absolute Gasteiger partial charge is 0.497 e. The quantitative estimate of drug-likeness (QED) is 0.846. The zero-order chi connectivity index (χ0) is 16.2. The van der Waals surface area contributed by atoms with Gasteiger partial charge in [-0.2, -0.15) is 0 Å². The lowest BCUT2D eigenvalue weighted by molar-refractivity contribution is -0.125. The first-order valence-electron chi connectivity index (χ1n) is 7.81. The second-order valence-corrected chi connectivity index (χ2v) is 6.40. The van der Waals surface area contributed by atoms with Gasteiger partial charge >= 0.3 is 0 Å². The molecule has 1 fully saturated rings. The molecule has 3 N–H and O–H groups in total. The zero-order valence-corrected chi connectivity index (χ0v) is 13.6. The Balaban J connectivity index is 2.09. The minimum atomic E-state index is -0.890. The van der Waals surface area contributed by atoms with Gasteiger partial charge in [0.05, 0.1) is 18.8 Å². The van der Waals surface area contributed by atoms with Crippen molar-refractivity contribution in [2.24, 2.45) is 5.73 Å². The SMILES string of the molecule is COc1ccc(CNC(=O)C(C)(C)N)c(OC2CCCC2)c1. The number of nitrogens with one attached hydrogen (secondary N) is 1. The van der Waals surface area contributed by atoms with E-state index in [-0.39, 0.29) is 12.0 Å². The Kier molecular flexibility index (Phi) is 5.29. The van der Waals surface area contributed by atoms with Gasteiger partial charge in [0, 0.05) is 18.2 Å². The summed E-state index contributed by atoms with van der Waals surface area (Å²) in [6, 6.07) is 5.68. The van der Waals surface area contributed by atoms with Gasteiger partial charge in [0.15, 0.2) is 0 Å². The van der Waals surface area contributed by atoms with E-state index in [9.17, 15) is 4.79 Å². The van der Waals surface area contributed by atoms with Crippen molar-refractivity contribution in [3.05, 3.63) is 23.8 Å². The van der Waals surface area contributed by atoms with Crippen molar-refractivity contribution in [1.82, 2.24) is 5.32 Å². The monoisotopic (exact) mass is 306 g/mol. The Hall–Kier alpha value is -1.75. The summed E-state index contributed by atoms with van der Waals surface area (Å²) in [6.07, 6.45) is 4.84. The van der Waals surface area contributed by atoms with Crippen LogP contribution >= 0.6 is 0 Å². The number of benzene rings is 1. The van der Waals surface area contributed by atoms with E-state index in [0.717, 1.165) is 29.9 Å². The van der Waals surface area contributed by atoms with E-state index in [1.54, 1.807) is 21.0 Å². The lowest BCUT2D eigenvalue weighted by atomic mass is 10.1. The Bertz CT molecular complexity index is 517. The molecule has 5 nitrogen and oxygen atoms in total. The summed E-state index contributed by atoms with van der Waals surface area (Å²) in [5.74, 6) is 1.35. The molecule has 0 atom stereocenters. The lowest BCUT2D eigenvalue weighted by Crippen LogP contribution is -2.48. The molecule has 2 rings (SSSR count). The standard InChI is InChI=1S/C17H26N2O3/c1-17(2,18)16(20)19-11-12-8-9-14(21-3)10-15(12)22-13-6-4-5-7-13/h8-10,13H,4-7,11,18H2,1-3H3,(H,19,20). The molecule has 122 valence electrons. The molecule has 0 unspecified atom stereocenters. The molecule has 0 aromatic heterocycles. The number of rotatable bonds is 6. The average molecular weight is 306 g/mol. The number of hydrogen-bond donors (Lipinski definition) is 2. The maximum Gasteiger partial charge on any atom is 0.239 e. The average Bonchev–Trinajstić information content (AvgIpc) is 2.97. The highest BCUT2D eigenvalue weighted by atomic mass is 16.5. The predicted octanol–water partition coefficient (Wildman–Crippen LogP) is 2.37. The Morgan fingerprint density at radius 1 is 1.36 bits per heavy atom. The fraction of sp³-hybridized carbons (Fsp3) is 0.588. The third-order valence-corrected chi connectivity index (χ3v) is 3.89. The number of methoxy groups -OCH3 is 1. The highest BCUT2D eigenvalue weighted by molar-refractivity contribution is 5.85. The second kappa shape index (κ2) is 7.01. The first-order valence-corrected chi connectivity index (χ1v) is 7.81. The molecule has 0 heterocycles. The van der Waals surface area contributed by atoms with Crippen LogP contribution in [0.3, 0.4) is 0 Å². The van der Waals surface area contributed by atoms with Crippen molar-refractivity contribution >= 4 is 5.91 Å². The molecule has 0 radical (unpaired) electrons. The van der Waals surface area contributed by atoms with E-state index in [1.165, 1.54) is 12.8 Å².